The van der Waals surface area contributed by atoms with E-state index < -0.39 is 0 Å². The minimum Gasteiger partial charge on any atom is -0.496 e. The second kappa shape index (κ2) is 6.25. The Bertz CT molecular complexity index is 359. The molecule has 0 atom stereocenters. The summed E-state index contributed by atoms with van der Waals surface area (Å²) < 4.78 is 5.04. The second-order valence-electron chi connectivity index (χ2n) is 3.00. The lowest BCUT2D eigenvalue weighted by Crippen LogP contribution is -1.90. The van der Waals surface area contributed by atoms with Crippen molar-refractivity contribution in [2.24, 2.45) is 0 Å². The fraction of sp³-hybridized carbons (Fsp3) is 0.250. The van der Waals surface area contributed by atoms with Crippen molar-refractivity contribution in [2.45, 2.75) is 6.42 Å². The van der Waals surface area contributed by atoms with E-state index in [4.69, 9.17) is 16.3 Å². The van der Waals surface area contributed by atoms with Crippen molar-refractivity contribution < 1.29 is 9.53 Å². The summed E-state index contributed by atoms with van der Waals surface area (Å²) in [4.78, 5) is 10.7. The molecule has 0 N–H and O–H groups in total. The van der Waals surface area contributed by atoms with Crippen LogP contribution in [0.3, 0.4) is 0 Å². The van der Waals surface area contributed by atoms with Gasteiger partial charge in [-0.3, -0.25) is 4.79 Å². The Morgan fingerprint density at radius 3 is 2.87 bits per heavy atom. The first-order chi connectivity index (χ1) is 7.31. The van der Waals surface area contributed by atoms with Crippen LogP contribution in [0.1, 0.15) is 22.3 Å². The first kappa shape index (κ1) is 11.8. The molecule has 0 saturated carbocycles. The van der Waals surface area contributed by atoms with E-state index in [1.54, 1.807) is 19.2 Å². The van der Waals surface area contributed by atoms with Gasteiger partial charge < -0.3 is 4.74 Å². The van der Waals surface area contributed by atoms with Crippen LogP contribution >= 0.6 is 11.6 Å². The van der Waals surface area contributed by atoms with Crippen molar-refractivity contribution in [3.63, 3.8) is 0 Å². The molecule has 2 nitrogen and oxygen atoms in total. The summed E-state index contributed by atoms with van der Waals surface area (Å²) in [5, 5.41) is 0. The predicted molar refractivity (Wildman–Crippen MR) is 62.8 cm³/mol. The van der Waals surface area contributed by atoms with Crippen LogP contribution in [0.4, 0.5) is 0 Å². The number of halogens is 1. The van der Waals surface area contributed by atoms with E-state index in [9.17, 15) is 4.79 Å². The van der Waals surface area contributed by atoms with E-state index in [0.29, 0.717) is 17.2 Å². The number of rotatable bonds is 5. The minimum absolute atomic E-state index is 0.561. The zero-order chi connectivity index (χ0) is 11.1. The van der Waals surface area contributed by atoms with Gasteiger partial charge in [0.25, 0.3) is 0 Å². The van der Waals surface area contributed by atoms with Gasteiger partial charge >= 0.3 is 0 Å². The number of alkyl halides is 1. The molecular formula is C12H13ClO2. The summed E-state index contributed by atoms with van der Waals surface area (Å²) in [6.45, 7) is 0. The number of allylic oxidation sites excluding steroid dienone is 1. The van der Waals surface area contributed by atoms with E-state index in [-0.39, 0.29) is 0 Å². The molecular weight excluding hydrogens is 212 g/mol. The molecule has 3 heteroatoms. The molecule has 0 aromatic heterocycles. The zero-order valence-electron chi connectivity index (χ0n) is 8.57. The van der Waals surface area contributed by atoms with Crippen molar-refractivity contribution in [3.05, 3.63) is 35.4 Å². The molecule has 0 aliphatic heterocycles. The standard InChI is InChI=1S/C12H13ClO2/c1-15-12-6-5-10(4-2-3-7-13)8-11(12)9-14/h2,4-6,8-9H,3,7H2,1H3. The average Bonchev–Trinajstić information content (AvgIpc) is 2.29. The number of hydrogen-bond donors (Lipinski definition) is 0. The molecule has 0 aliphatic rings. The molecule has 0 radical (unpaired) electrons. The second-order valence-corrected chi connectivity index (χ2v) is 3.38. The number of aldehydes is 1. The van der Waals surface area contributed by atoms with Crippen molar-refractivity contribution >= 4 is 24.0 Å². The first-order valence-corrected chi connectivity index (χ1v) is 5.21. The normalized spacial score (nSPS) is 10.5. The third-order valence-electron chi connectivity index (χ3n) is 1.97. The Kier molecular flexibility index (Phi) is 4.91. The van der Waals surface area contributed by atoms with Gasteiger partial charge in [-0.25, -0.2) is 0 Å². The Labute approximate surface area is 94.5 Å². The number of benzene rings is 1. The SMILES string of the molecule is COc1ccc(C=CCCCl)cc1C=O. The van der Waals surface area contributed by atoms with Gasteiger partial charge in [0.15, 0.2) is 6.29 Å². The molecule has 1 rings (SSSR count). The zero-order valence-corrected chi connectivity index (χ0v) is 9.33. The summed E-state index contributed by atoms with van der Waals surface area (Å²) in [6.07, 6.45) is 5.53. The van der Waals surface area contributed by atoms with E-state index in [1.165, 1.54) is 0 Å². The smallest absolute Gasteiger partial charge is 0.153 e. The minimum atomic E-state index is 0.561. The lowest BCUT2D eigenvalue weighted by molar-refractivity contribution is 0.112. The van der Waals surface area contributed by atoms with E-state index >= 15 is 0 Å². The maximum absolute atomic E-state index is 10.7. The summed E-state index contributed by atoms with van der Waals surface area (Å²) in [5.41, 5.74) is 1.54. The fourth-order valence-corrected chi connectivity index (χ4v) is 1.36. The maximum Gasteiger partial charge on any atom is 0.153 e. The highest BCUT2D eigenvalue weighted by Gasteiger charge is 2.00. The van der Waals surface area contributed by atoms with Crippen LogP contribution in [0.25, 0.3) is 6.08 Å². The third kappa shape index (κ3) is 3.40. The molecule has 1 aromatic rings. The molecule has 0 unspecified atom stereocenters. The molecule has 1 aromatic carbocycles. The van der Waals surface area contributed by atoms with Gasteiger partial charge in [0.1, 0.15) is 5.75 Å². The third-order valence-corrected chi connectivity index (χ3v) is 2.19. The highest BCUT2D eigenvalue weighted by atomic mass is 35.5. The van der Waals surface area contributed by atoms with Crippen LogP contribution in [0.5, 0.6) is 5.75 Å². The molecule has 0 heterocycles. The van der Waals surface area contributed by atoms with Gasteiger partial charge in [0, 0.05) is 5.88 Å². The summed E-state index contributed by atoms with van der Waals surface area (Å²) in [6, 6.07) is 5.47. The van der Waals surface area contributed by atoms with Gasteiger partial charge in [-0.05, 0) is 24.1 Å². The van der Waals surface area contributed by atoms with Crippen molar-refractivity contribution in [1.82, 2.24) is 0 Å². The first-order valence-electron chi connectivity index (χ1n) is 4.67. The predicted octanol–water partition coefficient (Wildman–Crippen LogP) is 3.15. The van der Waals surface area contributed by atoms with E-state index in [2.05, 4.69) is 0 Å². The van der Waals surface area contributed by atoms with E-state index in [1.807, 2.05) is 18.2 Å². The number of hydrogen-bond acceptors (Lipinski definition) is 2. The van der Waals surface area contributed by atoms with Crippen LogP contribution < -0.4 is 4.74 Å². The fourth-order valence-electron chi connectivity index (χ4n) is 1.23. The van der Waals surface area contributed by atoms with Crippen molar-refractivity contribution in [1.29, 1.82) is 0 Å². The van der Waals surface area contributed by atoms with E-state index in [0.717, 1.165) is 18.3 Å². The highest BCUT2D eigenvalue weighted by molar-refractivity contribution is 6.17. The molecule has 0 fully saturated rings. The average molecular weight is 225 g/mol. The quantitative estimate of drug-likeness (QED) is 0.567. The lowest BCUT2D eigenvalue weighted by atomic mass is 10.1. The number of carbonyl (C=O) groups is 1. The van der Waals surface area contributed by atoms with Gasteiger partial charge in [-0.2, -0.15) is 0 Å². The molecule has 0 saturated heterocycles. The van der Waals surface area contributed by atoms with Gasteiger partial charge in [-0.15, -0.1) is 11.6 Å². The van der Waals surface area contributed by atoms with Crippen LogP contribution in [0.2, 0.25) is 0 Å². The molecule has 0 spiro atoms. The highest BCUT2D eigenvalue weighted by Crippen LogP contribution is 2.18. The number of carbonyl (C=O) groups excluding carboxylic acids is 1. The van der Waals surface area contributed by atoms with Crippen LogP contribution in [0.15, 0.2) is 24.3 Å². The Morgan fingerprint density at radius 1 is 1.47 bits per heavy atom. The van der Waals surface area contributed by atoms with Gasteiger partial charge in [0.05, 0.1) is 12.7 Å². The number of ether oxygens (including phenoxy) is 1. The molecule has 15 heavy (non-hydrogen) atoms. The number of methoxy groups -OCH3 is 1. The lowest BCUT2D eigenvalue weighted by Gasteiger charge is -2.03. The van der Waals surface area contributed by atoms with Crippen LogP contribution in [0, 0.1) is 0 Å². The van der Waals surface area contributed by atoms with Crippen LogP contribution in [-0.4, -0.2) is 19.3 Å². The summed E-state index contributed by atoms with van der Waals surface area (Å²) in [7, 11) is 1.55. The summed E-state index contributed by atoms with van der Waals surface area (Å²) in [5.74, 6) is 1.20. The maximum atomic E-state index is 10.7. The summed E-state index contributed by atoms with van der Waals surface area (Å²) >= 11 is 5.55. The van der Waals surface area contributed by atoms with Crippen LogP contribution in [-0.2, 0) is 0 Å². The topological polar surface area (TPSA) is 26.3 Å². The molecule has 0 aliphatic carbocycles. The molecule has 0 bridgehead atoms. The van der Waals surface area contributed by atoms with Gasteiger partial charge in [0.2, 0.25) is 0 Å². The van der Waals surface area contributed by atoms with Gasteiger partial charge in [-0.1, -0.05) is 18.2 Å². The Morgan fingerprint density at radius 2 is 2.27 bits per heavy atom. The molecule has 0 amide bonds. The Balaban J connectivity index is 2.88. The largest absolute Gasteiger partial charge is 0.496 e. The Hall–Kier alpha value is -1.28. The molecule has 80 valence electrons. The van der Waals surface area contributed by atoms with Crippen molar-refractivity contribution in [3.8, 4) is 5.75 Å². The van der Waals surface area contributed by atoms with Crippen molar-refractivity contribution in [2.75, 3.05) is 13.0 Å². The monoisotopic (exact) mass is 224 g/mol.